The van der Waals surface area contributed by atoms with Crippen molar-refractivity contribution in [2.75, 3.05) is 5.32 Å². The van der Waals surface area contributed by atoms with Gasteiger partial charge in [0.05, 0.1) is 11.6 Å². The lowest BCUT2D eigenvalue weighted by Crippen LogP contribution is -2.25. The van der Waals surface area contributed by atoms with E-state index in [1.165, 1.54) is 18.2 Å². The summed E-state index contributed by atoms with van der Waals surface area (Å²) in [5.74, 6) is -1.10. The second kappa shape index (κ2) is 6.55. The van der Waals surface area contributed by atoms with Gasteiger partial charge in [0.15, 0.2) is 5.75 Å². The molecule has 3 nitrogen and oxygen atoms in total. The highest BCUT2D eigenvalue weighted by Gasteiger charge is 2.33. The van der Waals surface area contributed by atoms with E-state index < -0.39 is 12.1 Å². The van der Waals surface area contributed by atoms with Crippen LogP contribution in [-0.2, 0) is 11.2 Å². The van der Waals surface area contributed by atoms with Crippen molar-refractivity contribution >= 4 is 11.6 Å². The first kappa shape index (κ1) is 16.4. The normalized spacial score (nSPS) is 17.0. The van der Waals surface area contributed by atoms with Crippen LogP contribution in [0.3, 0.4) is 0 Å². The predicted molar refractivity (Wildman–Crippen MR) is 83.9 cm³/mol. The standard InChI is InChI=1S/C18H16F3NO2/c19-18(20,21)24-16-11-4-3-10-15(16)22-17(23)14-9-5-7-12-6-1-2-8-13(12)14/h1-4,6,8,10-11,14H,5,7,9H2,(H,22,23). The summed E-state index contributed by atoms with van der Waals surface area (Å²) < 4.78 is 41.4. The number of para-hydroxylation sites is 2. The predicted octanol–water partition coefficient (Wildman–Crippen LogP) is 4.64. The minimum atomic E-state index is -4.81. The monoisotopic (exact) mass is 335 g/mol. The van der Waals surface area contributed by atoms with E-state index in [1.54, 1.807) is 6.07 Å². The molecule has 0 fully saturated rings. The molecule has 0 heterocycles. The van der Waals surface area contributed by atoms with E-state index in [9.17, 15) is 18.0 Å². The zero-order valence-electron chi connectivity index (χ0n) is 12.8. The summed E-state index contributed by atoms with van der Waals surface area (Å²) >= 11 is 0. The third-order valence-corrected chi connectivity index (χ3v) is 4.06. The van der Waals surface area contributed by atoms with Crippen LogP contribution in [0.25, 0.3) is 0 Å². The van der Waals surface area contributed by atoms with Crippen molar-refractivity contribution in [1.82, 2.24) is 0 Å². The number of hydrogen-bond acceptors (Lipinski definition) is 2. The molecule has 1 aliphatic carbocycles. The Morgan fingerprint density at radius 2 is 1.79 bits per heavy atom. The number of aryl methyl sites for hydroxylation is 1. The smallest absolute Gasteiger partial charge is 0.404 e. The molecule has 1 atom stereocenters. The van der Waals surface area contributed by atoms with Crippen LogP contribution in [0.2, 0.25) is 0 Å². The molecule has 2 aromatic carbocycles. The van der Waals surface area contributed by atoms with Gasteiger partial charge >= 0.3 is 6.36 Å². The molecule has 24 heavy (non-hydrogen) atoms. The molecule has 126 valence electrons. The molecule has 1 aliphatic rings. The summed E-state index contributed by atoms with van der Waals surface area (Å²) in [6.07, 6.45) is -2.35. The highest BCUT2D eigenvalue weighted by molar-refractivity contribution is 5.97. The fourth-order valence-corrected chi connectivity index (χ4v) is 3.03. The van der Waals surface area contributed by atoms with Gasteiger partial charge in [-0.25, -0.2) is 0 Å². The fraction of sp³-hybridized carbons (Fsp3) is 0.278. The number of carbonyl (C=O) groups is 1. The fourth-order valence-electron chi connectivity index (χ4n) is 3.03. The lowest BCUT2D eigenvalue weighted by Gasteiger charge is -2.25. The molecule has 6 heteroatoms. The van der Waals surface area contributed by atoms with Crippen molar-refractivity contribution in [3.05, 3.63) is 59.7 Å². The maximum absolute atomic E-state index is 12.6. The van der Waals surface area contributed by atoms with Crippen LogP contribution in [0.15, 0.2) is 48.5 Å². The van der Waals surface area contributed by atoms with Gasteiger partial charge in [0, 0.05) is 0 Å². The molecular formula is C18H16F3NO2. The van der Waals surface area contributed by atoms with Gasteiger partial charge in [0.1, 0.15) is 0 Å². The van der Waals surface area contributed by atoms with Gasteiger partial charge in [-0.2, -0.15) is 0 Å². The van der Waals surface area contributed by atoms with Crippen LogP contribution in [0.4, 0.5) is 18.9 Å². The van der Waals surface area contributed by atoms with Gasteiger partial charge in [-0.05, 0) is 42.5 Å². The van der Waals surface area contributed by atoms with Crippen LogP contribution in [0, 0.1) is 0 Å². The minimum Gasteiger partial charge on any atom is -0.404 e. The van der Waals surface area contributed by atoms with Crippen LogP contribution in [0.5, 0.6) is 5.75 Å². The number of amides is 1. The topological polar surface area (TPSA) is 38.3 Å². The molecule has 0 aromatic heterocycles. The van der Waals surface area contributed by atoms with Gasteiger partial charge in [-0.3, -0.25) is 4.79 Å². The molecule has 0 radical (unpaired) electrons. The van der Waals surface area contributed by atoms with Gasteiger partial charge < -0.3 is 10.1 Å². The van der Waals surface area contributed by atoms with E-state index in [4.69, 9.17) is 0 Å². The number of hydrogen-bond donors (Lipinski definition) is 1. The molecule has 0 saturated heterocycles. The Labute approximate surface area is 137 Å². The van der Waals surface area contributed by atoms with Crippen LogP contribution < -0.4 is 10.1 Å². The zero-order valence-corrected chi connectivity index (χ0v) is 12.8. The molecule has 1 unspecified atom stereocenters. The highest BCUT2D eigenvalue weighted by atomic mass is 19.4. The average Bonchev–Trinajstić information content (AvgIpc) is 2.55. The SMILES string of the molecule is O=C(Nc1ccccc1OC(F)(F)F)C1CCCc2ccccc21. The maximum Gasteiger partial charge on any atom is 0.573 e. The summed E-state index contributed by atoms with van der Waals surface area (Å²) in [5.41, 5.74) is 2.07. The Morgan fingerprint density at radius 3 is 2.58 bits per heavy atom. The summed E-state index contributed by atoms with van der Waals surface area (Å²) in [7, 11) is 0. The number of ether oxygens (including phenoxy) is 1. The van der Waals surface area contributed by atoms with Crippen LogP contribution in [-0.4, -0.2) is 12.3 Å². The molecule has 1 N–H and O–H groups in total. The molecular weight excluding hydrogens is 319 g/mol. The summed E-state index contributed by atoms with van der Waals surface area (Å²) in [6.45, 7) is 0. The molecule has 2 aromatic rings. The number of carbonyl (C=O) groups excluding carboxylic acids is 1. The Bertz CT molecular complexity index is 743. The Morgan fingerprint density at radius 1 is 1.08 bits per heavy atom. The number of rotatable bonds is 3. The molecule has 1 amide bonds. The van der Waals surface area contributed by atoms with E-state index in [0.717, 1.165) is 24.0 Å². The highest BCUT2D eigenvalue weighted by Crippen LogP contribution is 2.34. The van der Waals surface area contributed by atoms with Gasteiger partial charge in [-0.15, -0.1) is 13.2 Å². The number of fused-ring (bicyclic) bond motifs is 1. The second-order valence-electron chi connectivity index (χ2n) is 5.68. The van der Waals surface area contributed by atoms with Crippen LogP contribution >= 0.6 is 0 Å². The molecule has 0 aliphatic heterocycles. The maximum atomic E-state index is 12.6. The zero-order chi connectivity index (χ0) is 17.2. The largest absolute Gasteiger partial charge is 0.573 e. The second-order valence-corrected chi connectivity index (χ2v) is 5.68. The van der Waals surface area contributed by atoms with Crippen molar-refractivity contribution in [3.63, 3.8) is 0 Å². The lowest BCUT2D eigenvalue weighted by molar-refractivity contribution is -0.274. The summed E-state index contributed by atoms with van der Waals surface area (Å²) in [6, 6.07) is 13.2. The summed E-state index contributed by atoms with van der Waals surface area (Å²) in [5, 5.41) is 2.58. The third-order valence-electron chi connectivity index (χ3n) is 4.06. The number of anilines is 1. The average molecular weight is 335 g/mol. The Hall–Kier alpha value is -2.50. The first-order valence-corrected chi connectivity index (χ1v) is 7.67. The van der Waals surface area contributed by atoms with Gasteiger partial charge in [0.2, 0.25) is 5.91 Å². The van der Waals surface area contributed by atoms with Crippen molar-refractivity contribution < 1.29 is 22.7 Å². The lowest BCUT2D eigenvalue weighted by atomic mass is 9.82. The molecule has 3 rings (SSSR count). The quantitative estimate of drug-likeness (QED) is 0.887. The first-order chi connectivity index (χ1) is 11.4. The van der Waals surface area contributed by atoms with Crippen molar-refractivity contribution in [1.29, 1.82) is 0 Å². The molecule has 0 bridgehead atoms. The Kier molecular flexibility index (Phi) is 4.46. The molecule has 0 spiro atoms. The van der Waals surface area contributed by atoms with E-state index in [1.807, 2.05) is 24.3 Å². The van der Waals surface area contributed by atoms with E-state index in [0.29, 0.717) is 6.42 Å². The van der Waals surface area contributed by atoms with Crippen molar-refractivity contribution in [2.45, 2.75) is 31.5 Å². The number of halogens is 3. The first-order valence-electron chi connectivity index (χ1n) is 7.67. The van der Waals surface area contributed by atoms with Gasteiger partial charge in [-0.1, -0.05) is 36.4 Å². The van der Waals surface area contributed by atoms with E-state index >= 15 is 0 Å². The molecule has 0 saturated carbocycles. The minimum absolute atomic E-state index is 0.0166. The number of nitrogens with one attached hydrogen (secondary N) is 1. The van der Waals surface area contributed by atoms with E-state index in [2.05, 4.69) is 10.1 Å². The third kappa shape index (κ3) is 3.69. The van der Waals surface area contributed by atoms with Crippen molar-refractivity contribution in [3.8, 4) is 5.75 Å². The van der Waals surface area contributed by atoms with Crippen molar-refractivity contribution in [2.24, 2.45) is 0 Å². The van der Waals surface area contributed by atoms with Gasteiger partial charge in [0.25, 0.3) is 0 Å². The Balaban J connectivity index is 1.82. The number of alkyl halides is 3. The van der Waals surface area contributed by atoms with Crippen LogP contribution in [0.1, 0.15) is 29.9 Å². The van der Waals surface area contributed by atoms with E-state index in [-0.39, 0.29) is 17.5 Å². The number of benzene rings is 2. The summed E-state index contributed by atoms with van der Waals surface area (Å²) in [4.78, 5) is 12.6.